The Morgan fingerprint density at radius 1 is 0.833 bits per heavy atom. The number of halogens is 2. The molecule has 1 aliphatic heterocycles. The molecule has 0 spiro atoms. The van der Waals surface area contributed by atoms with Crippen molar-refractivity contribution in [1.29, 1.82) is 0 Å². The molecule has 2 aromatic carbocycles. The monoisotopic (exact) mass is 402 g/mol. The summed E-state index contributed by atoms with van der Waals surface area (Å²) in [6.07, 6.45) is 7.14. The molecular formula is C25H20F2N2O. The highest BCUT2D eigenvalue weighted by molar-refractivity contribution is 6.14. The van der Waals surface area contributed by atoms with Crippen molar-refractivity contribution in [1.82, 2.24) is 9.88 Å². The van der Waals surface area contributed by atoms with Gasteiger partial charge in [0.05, 0.1) is 0 Å². The zero-order valence-corrected chi connectivity index (χ0v) is 16.3. The molecule has 1 fully saturated rings. The van der Waals surface area contributed by atoms with Crippen LogP contribution in [0.2, 0.25) is 0 Å². The molecule has 5 heteroatoms. The number of ketones is 1. The first kappa shape index (κ1) is 19.9. The third-order valence-electron chi connectivity index (χ3n) is 4.92. The summed E-state index contributed by atoms with van der Waals surface area (Å²) in [6, 6.07) is 16.0. The van der Waals surface area contributed by atoms with Crippen molar-refractivity contribution in [3.63, 3.8) is 0 Å². The van der Waals surface area contributed by atoms with Gasteiger partial charge in [0.1, 0.15) is 11.6 Å². The van der Waals surface area contributed by atoms with Crippen LogP contribution in [-0.4, -0.2) is 28.8 Å². The average Bonchev–Trinajstić information content (AvgIpc) is 2.75. The van der Waals surface area contributed by atoms with Crippen molar-refractivity contribution in [3.8, 4) is 0 Å². The number of hydrogen-bond donors (Lipinski definition) is 0. The third kappa shape index (κ3) is 4.93. The zero-order valence-electron chi connectivity index (χ0n) is 16.3. The number of carbonyl (C=O) groups is 1. The lowest BCUT2D eigenvalue weighted by atomic mass is 9.94. The van der Waals surface area contributed by atoms with E-state index >= 15 is 0 Å². The van der Waals surface area contributed by atoms with Gasteiger partial charge in [-0.3, -0.25) is 14.7 Å². The van der Waals surface area contributed by atoms with Crippen LogP contribution in [0.3, 0.4) is 0 Å². The molecule has 0 atom stereocenters. The van der Waals surface area contributed by atoms with Gasteiger partial charge in [-0.2, -0.15) is 0 Å². The smallest absolute Gasteiger partial charge is 0.187 e. The van der Waals surface area contributed by atoms with Crippen LogP contribution in [-0.2, 0) is 11.3 Å². The lowest BCUT2D eigenvalue weighted by Crippen LogP contribution is -2.37. The first-order valence-corrected chi connectivity index (χ1v) is 9.65. The van der Waals surface area contributed by atoms with Crippen LogP contribution in [0, 0.1) is 11.6 Å². The van der Waals surface area contributed by atoms with E-state index in [0.29, 0.717) is 30.8 Å². The highest BCUT2D eigenvalue weighted by Crippen LogP contribution is 2.23. The molecule has 150 valence electrons. The number of benzene rings is 2. The highest BCUT2D eigenvalue weighted by atomic mass is 19.1. The van der Waals surface area contributed by atoms with Gasteiger partial charge in [0.15, 0.2) is 5.78 Å². The van der Waals surface area contributed by atoms with E-state index in [1.54, 1.807) is 42.6 Å². The molecule has 1 aromatic heterocycles. The minimum atomic E-state index is -0.317. The first-order valence-electron chi connectivity index (χ1n) is 9.65. The van der Waals surface area contributed by atoms with E-state index in [1.165, 1.54) is 24.3 Å². The number of nitrogens with zero attached hydrogens (tertiary/aromatic N) is 2. The van der Waals surface area contributed by atoms with Crippen molar-refractivity contribution in [2.75, 3.05) is 13.1 Å². The molecule has 0 saturated carbocycles. The number of likely N-dealkylation sites (tertiary alicyclic amines) is 1. The van der Waals surface area contributed by atoms with E-state index in [0.717, 1.165) is 16.7 Å². The van der Waals surface area contributed by atoms with Crippen molar-refractivity contribution in [2.45, 2.75) is 6.54 Å². The summed E-state index contributed by atoms with van der Waals surface area (Å²) in [5.74, 6) is -0.685. The third-order valence-corrected chi connectivity index (χ3v) is 4.92. The Labute approximate surface area is 174 Å². The first-order chi connectivity index (χ1) is 14.6. The number of pyridine rings is 1. The van der Waals surface area contributed by atoms with Gasteiger partial charge < -0.3 is 0 Å². The molecular weight excluding hydrogens is 382 g/mol. The highest BCUT2D eigenvalue weighted by Gasteiger charge is 2.26. The van der Waals surface area contributed by atoms with Gasteiger partial charge in [0, 0.05) is 43.2 Å². The van der Waals surface area contributed by atoms with Crippen molar-refractivity contribution < 1.29 is 13.6 Å². The van der Waals surface area contributed by atoms with Gasteiger partial charge in [-0.1, -0.05) is 30.3 Å². The van der Waals surface area contributed by atoms with Gasteiger partial charge in [-0.15, -0.1) is 0 Å². The molecule has 1 saturated heterocycles. The molecule has 4 rings (SSSR count). The Kier molecular flexibility index (Phi) is 5.91. The second kappa shape index (κ2) is 8.93. The maximum absolute atomic E-state index is 13.2. The molecule has 0 radical (unpaired) electrons. The Morgan fingerprint density at radius 3 is 1.83 bits per heavy atom. The summed E-state index contributed by atoms with van der Waals surface area (Å²) in [5, 5.41) is 0. The number of hydrogen-bond acceptors (Lipinski definition) is 3. The van der Waals surface area contributed by atoms with Crippen molar-refractivity contribution >= 4 is 17.9 Å². The molecule has 0 N–H and O–H groups in total. The summed E-state index contributed by atoms with van der Waals surface area (Å²) >= 11 is 0. The predicted molar refractivity (Wildman–Crippen MR) is 113 cm³/mol. The summed E-state index contributed by atoms with van der Waals surface area (Å²) in [4.78, 5) is 19.5. The largest absolute Gasteiger partial charge is 0.290 e. The van der Waals surface area contributed by atoms with E-state index < -0.39 is 0 Å². The maximum atomic E-state index is 13.2. The van der Waals surface area contributed by atoms with Crippen LogP contribution in [0.15, 0.2) is 84.2 Å². The van der Waals surface area contributed by atoms with E-state index in [4.69, 9.17) is 0 Å². The molecule has 3 nitrogen and oxygen atoms in total. The number of rotatable bonds is 4. The molecule has 0 aliphatic carbocycles. The SMILES string of the molecule is O=C1C(=Cc2ccc(F)cc2)CN(Cc2cccnc2)CC1=Cc1ccc(F)cc1. The molecule has 1 aliphatic rings. The van der Waals surface area contributed by atoms with Gasteiger partial charge in [-0.25, -0.2) is 8.78 Å². The fraction of sp³-hybridized carbons (Fsp3) is 0.120. The number of piperidine rings is 1. The van der Waals surface area contributed by atoms with Gasteiger partial charge in [0.25, 0.3) is 0 Å². The lowest BCUT2D eigenvalue weighted by molar-refractivity contribution is -0.113. The predicted octanol–water partition coefficient (Wildman–Crippen LogP) is 4.91. The van der Waals surface area contributed by atoms with Crippen LogP contribution in [0.25, 0.3) is 12.2 Å². The van der Waals surface area contributed by atoms with Gasteiger partial charge in [-0.05, 0) is 59.2 Å². The van der Waals surface area contributed by atoms with Gasteiger partial charge >= 0.3 is 0 Å². The Bertz CT molecular complexity index is 1020. The number of Topliss-reactive ketones (excluding diaryl/α,β-unsaturated/α-hetero) is 1. The minimum absolute atomic E-state index is 0.0499. The van der Waals surface area contributed by atoms with Crippen molar-refractivity contribution in [2.24, 2.45) is 0 Å². The average molecular weight is 402 g/mol. The standard InChI is InChI=1S/C25H20F2N2O/c26-23-7-3-18(4-8-23)12-21-16-29(15-20-2-1-11-28-14-20)17-22(25(21)30)13-19-5-9-24(27)10-6-19/h1-14H,15-17H2. The summed E-state index contributed by atoms with van der Waals surface area (Å²) in [6.45, 7) is 1.60. The van der Waals surface area contributed by atoms with Crippen LogP contribution in [0.4, 0.5) is 8.78 Å². The summed E-state index contributed by atoms with van der Waals surface area (Å²) in [7, 11) is 0. The molecule has 0 unspecified atom stereocenters. The van der Waals surface area contributed by atoms with E-state index in [-0.39, 0.29) is 17.4 Å². The molecule has 30 heavy (non-hydrogen) atoms. The van der Waals surface area contributed by atoms with Gasteiger partial charge in [0.2, 0.25) is 0 Å². The van der Waals surface area contributed by atoms with E-state index in [2.05, 4.69) is 9.88 Å². The topological polar surface area (TPSA) is 33.2 Å². The normalized spacial score (nSPS) is 17.6. The molecule has 0 bridgehead atoms. The molecule has 0 amide bonds. The molecule has 3 aromatic rings. The quantitative estimate of drug-likeness (QED) is 0.582. The fourth-order valence-electron chi connectivity index (χ4n) is 3.49. The number of aromatic nitrogens is 1. The summed E-state index contributed by atoms with van der Waals surface area (Å²) in [5.41, 5.74) is 3.84. The second-order valence-corrected chi connectivity index (χ2v) is 7.28. The molecule has 2 heterocycles. The van der Waals surface area contributed by atoms with Crippen LogP contribution < -0.4 is 0 Å². The fourth-order valence-corrected chi connectivity index (χ4v) is 3.49. The van der Waals surface area contributed by atoms with Crippen LogP contribution in [0.1, 0.15) is 16.7 Å². The Balaban J connectivity index is 1.67. The number of carbonyl (C=O) groups excluding carboxylic acids is 1. The minimum Gasteiger partial charge on any atom is -0.290 e. The van der Waals surface area contributed by atoms with E-state index in [9.17, 15) is 13.6 Å². The van der Waals surface area contributed by atoms with E-state index in [1.807, 2.05) is 18.3 Å². The van der Waals surface area contributed by atoms with Crippen molar-refractivity contribution in [3.05, 3.63) is 113 Å². The van der Waals surface area contributed by atoms with Crippen LogP contribution in [0.5, 0.6) is 0 Å². The Morgan fingerprint density at radius 2 is 1.37 bits per heavy atom. The lowest BCUT2D eigenvalue weighted by Gasteiger charge is -2.29. The summed E-state index contributed by atoms with van der Waals surface area (Å²) < 4.78 is 26.5. The van der Waals surface area contributed by atoms with Crippen LogP contribution >= 0.6 is 0 Å². The second-order valence-electron chi connectivity index (χ2n) is 7.28. The maximum Gasteiger partial charge on any atom is 0.187 e. The Hall–Kier alpha value is -3.44. The zero-order chi connectivity index (χ0) is 20.9.